The highest BCUT2D eigenvalue weighted by Crippen LogP contribution is 2.32. The van der Waals surface area contributed by atoms with Crippen LogP contribution in [0.3, 0.4) is 0 Å². The molecule has 0 saturated heterocycles. The maximum Gasteiger partial charge on any atom is 0.255 e. The smallest absolute Gasteiger partial charge is 0.255 e. The van der Waals surface area contributed by atoms with Crippen LogP contribution in [-0.2, 0) is 19.4 Å². The van der Waals surface area contributed by atoms with Crippen molar-refractivity contribution in [2.45, 2.75) is 25.4 Å². The highest BCUT2D eigenvalue weighted by molar-refractivity contribution is 7.80. The number of anilines is 1. The van der Waals surface area contributed by atoms with Gasteiger partial charge in [0.1, 0.15) is 5.82 Å². The number of nitrogens with one attached hydrogen (secondary N) is 3. The Morgan fingerprint density at radius 3 is 2.61 bits per heavy atom. The van der Waals surface area contributed by atoms with E-state index in [1.807, 2.05) is 42.5 Å². The van der Waals surface area contributed by atoms with Crippen molar-refractivity contribution in [3.8, 4) is 0 Å². The predicted molar refractivity (Wildman–Crippen MR) is 160 cm³/mol. The highest BCUT2D eigenvalue weighted by atomic mass is 35.5. The molecule has 4 aromatic rings. The molecule has 0 fully saturated rings. The lowest BCUT2D eigenvalue weighted by atomic mass is 9.96. The molecule has 1 unspecified atom stereocenters. The maximum atomic E-state index is 14.3. The minimum atomic E-state index is -0.417. The second kappa shape index (κ2) is 13.0. The van der Waals surface area contributed by atoms with Gasteiger partial charge in [-0.15, -0.1) is 0 Å². The number of halogens is 2. The number of aliphatic hydroxyl groups is 1. The van der Waals surface area contributed by atoms with Gasteiger partial charge in [0.05, 0.1) is 23.2 Å². The molecule has 0 bridgehead atoms. The highest BCUT2D eigenvalue weighted by Gasteiger charge is 2.25. The summed E-state index contributed by atoms with van der Waals surface area (Å²) < 4.78 is 14.3. The number of aliphatic hydroxyl groups excluding tert-OH is 1. The van der Waals surface area contributed by atoms with E-state index in [0.717, 1.165) is 40.7 Å². The maximum absolute atomic E-state index is 14.3. The van der Waals surface area contributed by atoms with Crippen LogP contribution in [0.4, 0.5) is 10.2 Å². The Labute approximate surface area is 247 Å². The van der Waals surface area contributed by atoms with E-state index in [2.05, 4.69) is 26.1 Å². The first kappa shape index (κ1) is 28.4. The predicted octanol–water partition coefficient (Wildman–Crippen LogP) is 4.58. The minimum Gasteiger partial charge on any atom is -0.395 e. The van der Waals surface area contributed by atoms with Gasteiger partial charge < -0.3 is 15.3 Å². The quantitative estimate of drug-likeness (QED) is 0.175. The van der Waals surface area contributed by atoms with Gasteiger partial charge >= 0.3 is 0 Å². The van der Waals surface area contributed by atoms with Gasteiger partial charge in [0.25, 0.3) is 5.91 Å². The van der Waals surface area contributed by atoms with E-state index in [1.165, 1.54) is 29.3 Å². The molecule has 1 aliphatic rings. The van der Waals surface area contributed by atoms with Gasteiger partial charge in [0.2, 0.25) is 0 Å². The number of benzene rings is 2. The zero-order valence-corrected chi connectivity index (χ0v) is 23.6. The third kappa shape index (κ3) is 6.79. The van der Waals surface area contributed by atoms with E-state index in [0.29, 0.717) is 6.54 Å². The molecule has 210 valence electrons. The number of hydrogen-bond donors (Lipinski definition) is 4. The molecule has 1 atom stereocenters. The lowest BCUT2D eigenvalue weighted by molar-refractivity contribution is 0.0707. The van der Waals surface area contributed by atoms with Gasteiger partial charge in [-0.1, -0.05) is 48.0 Å². The fourth-order valence-corrected chi connectivity index (χ4v) is 5.25. The van der Waals surface area contributed by atoms with Crippen LogP contribution in [0, 0.1) is 5.82 Å². The molecule has 2 aromatic carbocycles. The molecule has 0 aliphatic heterocycles. The van der Waals surface area contributed by atoms with Crippen molar-refractivity contribution < 1.29 is 14.3 Å². The second-order valence-electron chi connectivity index (χ2n) is 9.56. The summed E-state index contributed by atoms with van der Waals surface area (Å²) in [6.45, 7) is 0.332. The monoisotopic (exact) mass is 590 g/mol. The number of hydrazine groups is 1. The SMILES string of the molecule is O=C(c1cnc(NNC(=S)NC2c3cnccc3CCc3ccc(F)cc32)c(Cl)c1)N(CCO)Cc1ccccc1. The van der Waals surface area contributed by atoms with E-state index in [1.54, 1.807) is 12.4 Å². The summed E-state index contributed by atoms with van der Waals surface area (Å²) in [6, 6.07) is 17.4. The fourth-order valence-electron chi connectivity index (χ4n) is 4.87. The molecular formula is C30H28ClFN6O2S. The summed E-state index contributed by atoms with van der Waals surface area (Å²) in [7, 11) is 0. The first-order valence-electron chi connectivity index (χ1n) is 13.1. The largest absolute Gasteiger partial charge is 0.395 e. The molecule has 4 N–H and O–H groups in total. The molecule has 11 heteroatoms. The van der Waals surface area contributed by atoms with Gasteiger partial charge in [0, 0.05) is 37.2 Å². The number of carbonyl (C=O) groups excluding carboxylic acids is 1. The molecule has 41 heavy (non-hydrogen) atoms. The number of aromatic nitrogens is 2. The Kier molecular flexibility index (Phi) is 9.03. The van der Waals surface area contributed by atoms with Crippen LogP contribution in [0.5, 0.6) is 0 Å². The zero-order valence-electron chi connectivity index (χ0n) is 22.0. The van der Waals surface area contributed by atoms with Crippen LogP contribution >= 0.6 is 23.8 Å². The molecule has 0 spiro atoms. The summed E-state index contributed by atoms with van der Waals surface area (Å²) in [6.07, 6.45) is 6.51. The van der Waals surface area contributed by atoms with Crippen molar-refractivity contribution in [1.82, 2.24) is 25.6 Å². The first-order chi connectivity index (χ1) is 19.9. The fraction of sp³-hybridized carbons (Fsp3) is 0.200. The van der Waals surface area contributed by atoms with Gasteiger partial charge in [-0.2, -0.15) is 0 Å². The lowest BCUT2D eigenvalue weighted by Gasteiger charge is -2.24. The van der Waals surface area contributed by atoms with Gasteiger partial charge in [-0.25, -0.2) is 9.37 Å². The summed E-state index contributed by atoms with van der Waals surface area (Å²) in [5, 5.41) is 13.2. The lowest BCUT2D eigenvalue weighted by Crippen LogP contribution is -2.41. The molecule has 0 saturated carbocycles. The third-order valence-corrected chi connectivity index (χ3v) is 7.38. The van der Waals surface area contributed by atoms with Gasteiger partial charge in [0.15, 0.2) is 10.9 Å². The van der Waals surface area contributed by atoms with E-state index >= 15 is 0 Å². The van der Waals surface area contributed by atoms with Crippen molar-refractivity contribution in [2.24, 2.45) is 0 Å². The number of pyridine rings is 2. The summed E-state index contributed by atoms with van der Waals surface area (Å²) in [5.41, 5.74) is 10.9. The van der Waals surface area contributed by atoms with Crippen LogP contribution in [-0.4, -0.2) is 44.1 Å². The van der Waals surface area contributed by atoms with Crippen LogP contribution in [0.15, 0.2) is 79.3 Å². The molecule has 5 rings (SSSR count). The Morgan fingerprint density at radius 1 is 1.07 bits per heavy atom. The molecule has 2 heterocycles. The molecule has 1 aliphatic carbocycles. The Bertz CT molecular complexity index is 1560. The normalized spacial score (nSPS) is 13.8. The first-order valence-corrected chi connectivity index (χ1v) is 13.8. The van der Waals surface area contributed by atoms with Crippen molar-refractivity contribution in [3.05, 3.63) is 123 Å². The Balaban J connectivity index is 1.27. The van der Waals surface area contributed by atoms with E-state index in [9.17, 15) is 14.3 Å². The average molecular weight is 591 g/mol. The topological polar surface area (TPSA) is 102 Å². The number of fused-ring (bicyclic) bond motifs is 2. The number of hydrogen-bond acceptors (Lipinski definition) is 6. The van der Waals surface area contributed by atoms with Gasteiger partial charge in [-0.05, 0) is 71.6 Å². The number of aryl methyl sites for hydroxylation is 2. The third-order valence-electron chi connectivity index (χ3n) is 6.87. The van der Waals surface area contributed by atoms with Crippen LogP contribution in [0.2, 0.25) is 5.02 Å². The molecule has 2 aromatic heterocycles. The number of nitrogens with zero attached hydrogens (tertiary/aromatic N) is 3. The summed E-state index contributed by atoms with van der Waals surface area (Å²) in [5.74, 6) is -0.370. The second-order valence-corrected chi connectivity index (χ2v) is 10.4. The van der Waals surface area contributed by atoms with Crippen molar-refractivity contribution in [2.75, 3.05) is 18.6 Å². The standard InChI is InChI=1S/C30H28ClFN6O2S/c31-26-14-22(29(40)38(12-13-39)18-19-4-2-1-3-5-19)16-34-28(26)36-37-30(41)35-27-24-15-23(32)9-8-20(24)6-7-21-10-11-33-17-25(21)27/h1-5,8-11,14-17,27,39H,6-7,12-13,18H2,(H,34,36)(H2,35,37,41). The Hall–Kier alpha value is -4.12. The number of carbonyl (C=O) groups is 1. The Morgan fingerprint density at radius 2 is 1.85 bits per heavy atom. The molecule has 0 radical (unpaired) electrons. The number of thiocarbonyl (C=S) groups is 1. The van der Waals surface area contributed by atoms with Crippen molar-refractivity contribution in [1.29, 1.82) is 0 Å². The van der Waals surface area contributed by atoms with E-state index in [-0.39, 0.29) is 46.4 Å². The average Bonchev–Trinajstić information content (AvgIpc) is 3.13. The van der Waals surface area contributed by atoms with Gasteiger partial charge in [-0.3, -0.25) is 20.6 Å². The molecule has 8 nitrogen and oxygen atoms in total. The van der Waals surface area contributed by atoms with E-state index < -0.39 is 6.04 Å². The van der Waals surface area contributed by atoms with Crippen LogP contribution < -0.4 is 16.2 Å². The van der Waals surface area contributed by atoms with Crippen molar-refractivity contribution >= 4 is 40.7 Å². The zero-order chi connectivity index (χ0) is 28.8. The summed E-state index contributed by atoms with van der Waals surface area (Å²) in [4.78, 5) is 23.3. The van der Waals surface area contributed by atoms with E-state index in [4.69, 9.17) is 23.8 Å². The molecule has 1 amide bonds. The van der Waals surface area contributed by atoms with Crippen molar-refractivity contribution in [3.63, 3.8) is 0 Å². The summed E-state index contributed by atoms with van der Waals surface area (Å²) >= 11 is 12.0. The number of amides is 1. The van der Waals surface area contributed by atoms with Crippen LogP contribution in [0.1, 0.15) is 44.2 Å². The minimum absolute atomic E-state index is 0.166. The number of rotatable bonds is 8. The van der Waals surface area contributed by atoms with Crippen LogP contribution in [0.25, 0.3) is 0 Å². The molecular weight excluding hydrogens is 563 g/mol.